The van der Waals surface area contributed by atoms with E-state index in [9.17, 15) is 9.90 Å². The molecule has 0 aliphatic carbocycles. The number of aliphatic hydroxyl groups excluding tert-OH is 1. The zero-order valence-electron chi connectivity index (χ0n) is 13.6. The predicted octanol–water partition coefficient (Wildman–Crippen LogP) is 3.28. The zero-order valence-corrected chi connectivity index (χ0v) is 13.6. The van der Waals surface area contributed by atoms with Gasteiger partial charge in [-0.05, 0) is 29.3 Å². The van der Waals surface area contributed by atoms with Gasteiger partial charge in [0.1, 0.15) is 12.4 Å². The van der Waals surface area contributed by atoms with Crippen molar-refractivity contribution in [2.24, 2.45) is 0 Å². The van der Waals surface area contributed by atoms with Crippen molar-refractivity contribution >= 4 is 5.91 Å². The van der Waals surface area contributed by atoms with E-state index in [4.69, 9.17) is 9.15 Å². The maximum atomic E-state index is 12.4. The molecule has 0 fully saturated rings. The monoisotopic (exact) mass is 337 g/mol. The lowest BCUT2D eigenvalue weighted by molar-refractivity contribution is 0.0919. The van der Waals surface area contributed by atoms with E-state index >= 15 is 0 Å². The molecule has 0 saturated carbocycles. The molecule has 0 spiro atoms. The van der Waals surface area contributed by atoms with Crippen LogP contribution in [0.3, 0.4) is 0 Å². The molecule has 25 heavy (non-hydrogen) atoms. The summed E-state index contributed by atoms with van der Waals surface area (Å²) in [5.41, 5.74) is 2.33. The highest BCUT2D eigenvalue weighted by Gasteiger charge is 2.16. The number of para-hydroxylation sites is 1. The number of carbonyl (C=O) groups is 1. The summed E-state index contributed by atoms with van der Waals surface area (Å²) >= 11 is 0. The van der Waals surface area contributed by atoms with Gasteiger partial charge in [-0.1, -0.05) is 42.5 Å². The Morgan fingerprint density at radius 2 is 1.68 bits per heavy atom. The summed E-state index contributed by atoms with van der Waals surface area (Å²) in [4.78, 5) is 12.4. The average Bonchev–Trinajstić information content (AvgIpc) is 3.14. The van der Waals surface area contributed by atoms with Gasteiger partial charge in [-0.25, -0.2) is 0 Å². The van der Waals surface area contributed by atoms with Crippen LogP contribution in [0.2, 0.25) is 0 Å². The van der Waals surface area contributed by atoms with Gasteiger partial charge in [0.25, 0.3) is 5.91 Å². The summed E-state index contributed by atoms with van der Waals surface area (Å²) in [5, 5.41) is 12.2. The summed E-state index contributed by atoms with van der Waals surface area (Å²) in [7, 11) is 0. The van der Waals surface area contributed by atoms with Crippen LogP contribution in [0, 0.1) is 0 Å². The van der Waals surface area contributed by atoms with Gasteiger partial charge < -0.3 is 19.6 Å². The fraction of sp³-hybridized carbons (Fsp3) is 0.150. The lowest BCUT2D eigenvalue weighted by Gasteiger charge is -2.09. The van der Waals surface area contributed by atoms with Crippen molar-refractivity contribution in [3.8, 4) is 5.75 Å². The van der Waals surface area contributed by atoms with E-state index in [2.05, 4.69) is 5.32 Å². The van der Waals surface area contributed by atoms with Gasteiger partial charge in [0.2, 0.25) is 0 Å². The molecule has 0 atom stereocenters. The van der Waals surface area contributed by atoms with Gasteiger partial charge in [0.15, 0.2) is 5.76 Å². The molecule has 0 saturated heterocycles. The summed E-state index contributed by atoms with van der Waals surface area (Å²) in [6, 6.07) is 18.5. The minimum atomic E-state index is -0.315. The molecule has 2 N–H and O–H groups in total. The second-order valence-corrected chi connectivity index (χ2v) is 5.49. The number of furan rings is 1. The lowest BCUT2D eigenvalue weighted by atomic mass is 10.1. The van der Waals surface area contributed by atoms with Crippen LogP contribution in [0.5, 0.6) is 5.75 Å². The first kappa shape index (κ1) is 16.8. The molecule has 3 rings (SSSR count). The Morgan fingerprint density at radius 1 is 0.960 bits per heavy atom. The normalized spacial score (nSPS) is 10.4. The number of nitrogens with one attached hydrogen (secondary N) is 1. The van der Waals surface area contributed by atoms with Crippen molar-refractivity contribution in [1.82, 2.24) is 5.32 Å². The summed E-state index contributed by atoms with van der Waals surface area (Å²) in [5.74, 6) is 0.647. The van der Waals surface area contributed by atoms with E-state index in [1.54, 1.807) is 6.07 Å². The van der Waals surface area contributed by atoms with Crippen LogP contribution in [-0.2, 0) is 19.8 Å². The smallest absolute Gasteiger partial charge is 0.287 e. The van der Waals surface area contributed by atoms with Crippen LogP contribution in [0.4, 0.5) is 0 Å². The number of aliphatic hydroxyl groups is 1. The van der Waals surface area contributed by atoms with Crippen molar-refractivity contribution in [3.63, 3.8) is 0 Å². The van der Waals surface area contributed by atoms with E-state index in [1.165, 1.54) is 6.26 Å². The first-order valence-electron chi connectivity index (χ1n) is 7.98. The molecule has 1 amide bonds. The standard InChI is InChI=1S/C20H19NO4/c22-13-16-7-5-4-6-15(16)12-21-20(23)19-17(10-11-24-19)14-25-18-8-2-1-3-9-18/h1-11,22H,12-14H2,(H,21,23). The van der Waals surface area contributed by atoms with Crippen LogP contribution in [0.25, 0.3) is 0 Å². The maximum Gasteiger partial charge on any atom is 0.287 e. The third-order valence-electron chi connectivity index (χ3n) is 3.82. The highest BCUT2D eigenvalue weighted by atomic mass is 16.5. The Kier molecular flexibility index (Phi) is 5.49. The van der Waals surface area contributed by atoms with E-state index in [-0.39, 0.29) is 24.9 Å². The second kappa shape index (κ2) is 8.17. The summed E-state index contributed by atoms with van der Waals surface area (Å²) in [6.45, 7) is 0.495. The van der Waals surface area contributed by atoms with E-state index in [0.29, 0.717) is 12.1 Å². The summed E-state index contributed by atoms with van der Waals surface area (Å²) < 4.78 is 11.0. The fourth-order valence-electron chi connectivity index (χ4n) is 2.47. The van der Waals surface area contributed by atoms with Crippen LogP contribution < -0.4 is 10.1 Å². The molecule has 3 aromatic rings. The van der Waals surface area contributed by atoms with Crippen molar-refractivity contribution in [2.75, 3.05) is 0 Å². The van der Waals surface area contributed by atoms with E-state index in [1.807, 2.05) is 54.6 Å². The first-order valence-corrected chi connectivity index (χ1v) is 7.98. The van der Waals surface area contributed by atoms with E-state index in [0.717, 1.165) is 16.9 Å². The van der Waals surface area contributed by atoms with Gasteiger partial charge in [-0.3, -0.25) is 4.79 Å². The van der Waals surface area contributed by atoms with Gasteiger partial charge in [-0.15, -0.1) is 0 Å². The molecule has 0 unspecified atom stereocenters. The number of rotatable bonds is 7. The topological polar surface area (TPSA) is 71.7 Å². The molecule has 5 nitrogen and oxygen atoms in total. The largest absolute Gasteiger partial charge is 0.489 e. The Morgan fingerprint density at radius 3 is 2.44 bits per heavy atom. The predicted molar refractivity (Wildman–Crippen MR) is 93.0 cm³/mol. The second-order valence-electron chi connectivity index (χ2n) is 5.49. The SMILES string of the molecule is O=C(NCc1ccccc1CO)c1occc1COc1ccccc1. The van der Waals surface area contributed by atoms with Crippen molar-refractivity contribution in [1.29, 1.82) is 0 Å². The molecule has 0 radical (unpaired) electrons. The average molecular weight is 337 g/mol. The highest BCUT2D eigenvalue weighted by Crippen LogP contribution is 2.16. The highest BCUT2D eigenvalue weighted by molar-refractivity contribution is 5.92. The lowest BCUT2D eigenvalue weighted by Crippen LogP contribution is -2.24. The molecule has 0 aliphatic rings. The number of hydrogen-bond acceptors (Lipinski definition) is 4. The molecule has 1 aromatic heterocycles. The quantitative estimate of drug-likeness (QED) is 0.694. The van der Waals surface area contributed by atoms with Gasteiger partial charge in [0.05, 0.1) is 12.9 Å². The van der Waals surface area contributed by atoms with Crippen molar-refractivity contribution in [3.05, 3.63) is 89.4 Å². The van der Waals surface area contributed by atoms with Crippen molar-refractivity contribution in [2.45, 2.75) is 19.8 Å². The van der Waals surface area contributed by atoms with Gasteiger partial charge in [-0.2, -0.15) is 0 Å². The van der Waals surface area contributed by atoms with Crippen LogP contribution >= 0.6 is 0 Å². The summed E-state index contributed by atoms with van der Waals surface area (Å²) in [6.07, 6.45) is 1.47. The van der Waals surface area contributed by atoms with Crippen molar-refractivity contribution < 1.29 is 19.1 Å². The fourth-order valence-corrected chi connectivity index (χ4v) is 2.47. The molecular weight excluding hydrogens is 318 g/mol. The van der Waals surface area contributed by atoms with E-state index < -0.39 is 0 Å². The minimum absolute atomic E-state index is 0.0665. The number of ether oxygens (including phenoxy) is 1. The molecule has 1 heterocycles. The Labute approximate surface area is 145 Å². The number of benzene rings is 2. The third-order valence-corrected chi connectivity index (χ3v) is 3.82. The molecule has 5 heteroatoms. The molecule has 0 bridgehead atoms. The minimum Gasteiger partial charge on any atom is -0.489 e. The van der Waals surface area contributed by atoms with Crippen LogP contribution in [0.15, 0.2) is 71.3 Å². The number of hydrogen-bond donors (Lipinski definition) is 2. The van der Waals surface area contributed by atoms with Crippen LogP contribution in [0.1, 0.15) is 27.2 Å². The molecular formula is C20H19NO4. The number of amides is 1. The number of carbonyl (C=O) groups excluding carboxylic acids is 1. The Balaban J connectivity index is 1.62. The molecule has 128 valence electrons. The van der Waals surface area contributed by atoms with Gasteiger partial charge in [0, 0.05) is 12.1 Å². The zero-order chi connectivity index (χ0) is 17.5. The van der Waals surface area contributed by atoms with Gasteiger partial charge >= 0.3 is 0 Å². The van der Waals surface area contributed by atoms with Crippen LogP contribution in [-0.4, -0.2) is 11.0 Å². The molecule has 2 aromatic carbocycles. The maximum absolute atomic E-state index is 12.4. The first-order chi connectivity index (χ1) is 12.3. The Hall–Kier alpha value is -3.05. The Bertz CT molecular complexity index is 826. The molecule has 0 aliphatic heterocycles. The third kappa shape index (κ3) is 4.28.